The topological polar surface area (TPSA) is 79.0 Å². The summed E-state index contributed by atoms with van der Waals surface area (Å²) in [6.07, 6.45) is 0. The summed E-state index contributed by atoms with van der Waals surface area (Å²) in [5, 5.41) is 22.8. The highest BCUT2D eigenvalue weighted by molar-refractivity contribution is 5.68. The molecule has 94 valence electrons. The van der Waals surface area contributed by atoms with Crippen molar-refractivity contribution in [2.75, 3.05) is 5.32 Å². The van der Waals surface area contributed by atoms with Gasteiger partial charge in [-0.05, 0) is 25.1 Å². The molecule has 0 unspecified atom stereocenters. The van der Waals surface area contributed by atoms with E-state index in [1.54, 1.807) is 0 Å². The molecule has 5 heteroatoms. The molecule has 0 fully saturated rings. The number of nitro benzene ring substituents is 1. The fourth-order valence-electron chi connectivity index (χ4n) is 1.64. The Kier molecular flexibility index (Phi) is 3.44. The minimum Gasteiger partial charge on any atom is -0.354 e. The average molecular weight is 253 g/mol. The summed E-state index contributed by atoms with van der Waals surface area (Å²) in [5.41, 5.74) is 2.67. The quantitative estimate of drug-likeness (QED) is 0.670. The number of anilines is 2. The van der Waals surface area contributed by atoms with Crippen LogP contribution in [0.25, 0.3) is 0 Å². The van der Waals surface area contributed by atoms with Gasteiger partial charge >= 0.3 is 0 Å². The third kappa shape index (κ3) is 2.87. The molecule has 1 N–H and O–H groups in total. The van der Waals surface area contributed by atoms with Crippen LogP contribution in [-0.2, 0) is 0 Å². The van der Waals surface area contributed by atoms with Gasteiger partial charge in [0, 0.05) is 17.8 Å². The molecule has 2 rings (SSSR count). The lowest BCUT2D eigenvalue weighted by Gasteiger charge is -2.08. The first kappa shape index (κ1) is 12.6. The van der Waals surface area contributed by atoms with Gasteiger partial charge in [-0.3, -0.25) is 10.1 Å². The molecule has 2 aromatic rings. The van der Waals surface area contributed by atoms with Crippen molar-refractivity contribution in [2.45, 2.75) is 6.92 Å². The Hall–Kier alpha value is -2.87. The van der Waals surface area contributed by atoms with Crippen LogP contribution < -0.4 is 5.32 Å². The molecule has 0 bridgehead atoms. The number of nitriles is 1. The molecule has 5 nitrogen and oxygen atoms in total. The molecule has 2 aromatic carbocycles. The Balaban J connectivity index is 2.33. The van der Waals surface area contributed by atoms with E-state index in [9.17, 15) is 10.1 Å². The predicted molar refractivity (Wildman–Crippen MR) is 72.3 cm³/mol. The fourth-order valence-corrected chi connectivity index (χ4v) is 1.64. The lowest BCUT2D eigenvalue weighted by atomic mass is 10.1. The second kappa shape index (κ2) is 5.19. The van der Waals surface area contributed by atoms with Crippen molar-refractivity contribution in [2.24, 2.45) is 0 Å². The number of nitrogens with one attached hydrogen (secondary N) is 1. The molecule has 0 saturated carbocycles. The maximum atomic E-state index is 10.7. The summed E-state index contributed by atoms with van der Waals surface area (Å²) < 4.78 is 0. The van der Waals surface area contributed by atoms with Gasteiger partial charge in [0.25, 0.3) is 5.69 Å². The molecule has 0 aliphatic rings. The van der Waals surface area contributed by atoms with Crippen molar-refractivity contribution < 1.29 is 4.92 Å². The molecule has 0 heterocycles. The normalized spacial score (nSPS) is 9.68. The standard InChI is InChI=1S/C14H11N3O2/c1-10-2-4-12(5-3-10)16-14-7-6-13(17(18)19)8-11(14)9-15/h2-8,16H,1H3. The number of aryl methyl sites for hydroxylation is 1. The minimum atomic E-state index is -0.517. The van der Waals surface area contributed by atoms with E-state index in [0.29, 0.717) is 5.69 Å². The van der Waals surface area contributed by atoms with E-state index in [1.807, 2.05) is 37.3 Å². The van der Waals surface area contributed by atoms with Crippen molar-refractivity contribution in [1.29, 1.82) is 5.26 Å². The first-order valence-corrected chi connectivity index (χ1v) is 5.62. The van der Waals surface area contributed by atoms with E-state index in [0.717, 1.165) is 11.3 Å². The number of hydrogen-bond donors (Lipinski definition) is 1. The number of benzene rings is 2. The fraction of sp³-hybridized carbons (Fsp3) is 0.0714. The van der Waals surface area contributed by atoms with Crippen LogP contribution in [-0.4, -0.2) is 4.92 Å². The van der Waals surface area contributed by atoms with Crippen LogP contribution in [0.4, 0.5) is 17.1 Å². The zero-order valence-corrected chi connectivity index (χ0v) is 10.3. The zero-order valence-electron chi connectivity index (χ0n) is 10.3. The van der Waals surface area contributed by atoms with Gasteiger partial charge in [0.15, 0.2) is 0 Å². The minimum absolute atomic E-state index is 0.0917. The summed E-state index contributed by atoms with van der Waals surface area (Å²) in [7, 11) is 0. The summed E-state index contributed by atoms with van der Waals surface area (Å²) >= 11 is 0. The largest absolute Gasteiger partial charge is 0.354 e. The first-order valence-electron chi connectivity index (χ1n) is 5.62. The van der Waals surface area contributed by atoms with Gasteiger partial charge in [-0.1, -0.05) is 17.7 Å². The van der Waals surface area contributed by atoms with Crippen molar-refractivity contribution in [3.63, 3.8) is 0 Å². The second-order valence-electron chi connectivity index (χ2n) is 4.09. The first-order chi connectivity index (χ1) is 9.10. The van der Waals surface area contributed by atoms with Crippen LogP contribution in [0, 0.1) is 28.4 Å². The highest BCUT2D eigenvalue weighted by Crippen LogP contribution is 2.24. The summed E-state index contributed by atoms with van der Waals surface area (Å²) in [6.45, 7) is 1.98. The van der Waals surface area contributed by atoms with Crippen LogP contribution in [0.2, 0.25) is 0 Å². The lowest BCUT2D eigenvalue weighted by molar-refractivity contribution is -0.384. The van der Waals surface area contributed by atoms with E-state index >= 15 is 0 Å². The second-order valence-corrected chi connectivity index (χ2v) is 4.09. The van der Waals surface area contributed by atoms with Crippen molar-refractivity contribution in [3.05, 3.63) is 63.7 Å². The molecule has 0 amide bonds. The zero-order chi connectivity index (χ0) is 13.8. The predicted octanol–water partition coefficient (Wildman–Crippen LogP) is 3.52. The number of non-ortho nitro benzene ring substituents is 1. The van der Waals surface area contributed by atoms with Gasteiger partial charge in [0.05, 0.1) is 16.2 Å². The van der Waals surface area contributed by atoms with E-state index in [2.05, 4.69) is 5.32 Å². The van der Waals surface area contributed by atoms with E-state index in [1.165, 1.54) is 18.2 Å². The molecule has 0 radical (unpaired) electrons. The molecular formula is C14H11N3O2. The third-order valence-corrected chi connectivity index (χ3v) is 2.66. The van der Waals surface area contributed by atoms with Gasteiger partial charge in [-0.15, -0.1) is 0 Å². The summed E-state index contributed by atoms with van der Waals surface area (Å²) in [6, 6.07) is 13.8. The molecular weight excluding hydrogens is 242 g/mol. The molecule has 0 aliphatic heterocycles. The Morgan fingerprint density at radius 1 is 1.21 bits per heavy atom. The lowest BCUT2D eigenvalue weighted by Crippen LogP contribution is -1.95. The Bertz CT molecular complexity index is 657. The maximum absolute atomic E-state index is 10.7. The van der Waals surface area contributed by atoms with Gasteiger partial charge in [0.1, 0.15) is 6.07 Å². The average Bonchev–Trinajstić information content (AvgIpc) is 2.41. The van der Waals surface area contributed by atoms with Crippen molar-refractivity contribution in [1.82, 2.24) is 0 Å². The highest BCUT2D eigenvalue weighted by atomic mass is 16.6. The van der Waals surface area contributed by atoms with E-state index in [-0.39, 0.29) is 11.3 Å². The molecule has 0 aromatic heterocycles. The van der Waals surface area contributed by atoms with Gasteiger partial charge in [-0.2, -0.15) is 5.26 Å². The van der Waals surface area contributed by atoms with E-state index in [4.69, 9.17) is 5.26 Å². The van der Waals surface area contributed by atoms with Crippen LogP contribution in [0.3, 0.4) is 0 Å². The van der Waals surface area contributed by atoms with Crippen LogP contribution in [0.1, 0.15) is 11.1 Å². The van der Waals surface area contributed by atoms with Gasteiger partial charge < -0.3 is 5.32 Å². The van der Waals surface area contributed by atoms with Crippen LogP contribution >= 0.6 is 0 Å². The molecule has 0 saturated heterocycles. The molecule has 0 atom stereocenters. The number of hydrogen-bond acceptors (Lipinski definition) is 4. The van der Waals surface area contributed by atoms with Gasteiger partial charge in [0.2, 0.25) is 0 Å². The maximum Gasteiger partial charge on any atom is 0.270 e. The summed E-state index contributed by atoms with van der Waals surface area (Å²) in [4.78, 5) is 10.1. The van der Waals surface area contributed by atoms with Crippen LogP contribution in [0.15, 0.2) is 42.5 Å². The smallest absolute Gasteiger partial charge is 0.270 e. The molecule has 0 spiro atoms. The Morgan fingerprint density at radius 3 is 2.47 bits per heavy atom. The Labute approximate surface area is 110 Å². The molecule has 19 heavy (non-hydrogen) atoms. The monoisotopic (exact) mass is 253 g/mol. The third-order valence-electron chi connectivity index (χ3n) is 2.66. The SMILES string of the molecule is Cc1ccc(Nc2ccc([N+](=O)[O-])cc2C#N)cc1. The van der Waals surface area contributed by atoms with Crippen molar-refractivity contribution in [3.8, 4) is 6.07 Å². The van der Waals surface area contributed by atoms with E-state index < -0.39 is 4.92 Å². The number of nitrogens with zero attached hydrogens (tertiary/aromatic N) is 2. The van der Waals surface area contributed by atoms with Crippen LogP contribution in [0.5, 0.6) is 0 Å². The Morgan fingerprint density at radius 2 is 1.89 bits per heavy atom. The number of rotatable bonds is 3. The summed E-state index contributed by atoms with van der Waals surface area (Å²) in [5.74, 6) is 0. The van der Waals surface area contributed by atoms with Gasteiger partial charge in [-0.25, -0.2) is 0 Å². The number of nitro groups is 1. The van der Waals surface area contributed by atoms with Crippen molar-refractivity contribution >= 4 is 17.1 Å². The molecule has 0 aliphatic carbocycles. The highest BCUT2D eigenvalue weighted by Gasteiger charge is 2.10.